The van der Waals surface area contributed by atoms with E-state index in [0.717, 1.165) is 0 Å². The summed E-state index contributed by atoms with van der Waals surface area (Å²) in [5.74, 6) is -0.623. The lowest BCUT2D eigenvalue weighted by Crippen LogP contribution is -2.47. The number of aryl methyl sites for hydroxylation is 1. The number of carbonyl (C=O) groups is 1. The maximum Gasteiger partial charge on any atom is 0.317 e. The highest BCUT2D eigenvalue weighted by atomic mass is 35.5. The summed E-state index contributed by atoms with van der Waals surface area (Å²) in [6.45, 7) is -11.8. The number of piperazine rings is 1. The molecule has 1 heterocycles. The molecule has 0 radical (unpaired) electrons. The van der Waals surface area contributed by atoms with Crippen LogP contribution in [0.2, 0.25) is 5.02 Å². The van der Waals surface area contributed by atoms with Crippen LogP contribution in [0.15, 0.2) is 18.2 Å². The minimum Gasteiger partial charge on any atom is -0.368 e. The van der Waals surface area contributed by atoms with Gasteiger partial charge in [0.25, 0.3) is 0 Å². The first-order valence-electron chi connectivity index (χ1n) is 14.5. The molecule has 156 valence electrons. The van der Waals surface area contributed by atoms with Crippen molar-refractivity contribution in [3.63, 3.8) is 0 Å². The second kappa shape index (κ2) is 9.84. The average molecular weight is 417 g/mol. The van der Waals surface area contributed by atoms with Gasteiger partial charge >= 0.3 is 6.03 Å². The molecule has 5 nitrogen and oxygen atoms in total. The number of nitrogens with zero attached hydrogens (tertiary/aromatic N) is 3. The van der Waals surface area contributed by atoms with Crippen molar-refractivity contribution in [3.05, 3.63) is 28.8 Å². The molecule has 1 aromatic carbocycles. The van der Waals surface area contributed by atoms with E-state index >= 15 is 0 Å². The topological polar surface area (TPSA) is 38.8 Å². The van der Waals surface area contributed by atoms with Crippen molar-refractivity contribution >= 4 is 23.3 Å². The van der Waals surface area contributed by atoms with Crippen LogP contribution in [0.3, 0.4) is 0 Å². The first kappa shape index (κ1) is 11.7. The quantitative estimate of drug-likeness (QED) is 0.788. The number of carbonyl (C=O) groups excluding carboxylic acids is 1. The van der Waals surface area contributed by atoms with Crippen LogP contribution in [0.1, 0.15) is 51.3 Å². The number of hydrogen-bond acceptors (Lipinski definition) is 3. The molecule has 2 amide bonds. The Bertz CT molecular complexity index is 1020. The summed E-state index contributed by atoms with van der Waals surface area (Å²) in [5, 5.41) is 2.83. The molecule has 0 spiro atoms. The van der Waals surface area contributed by atoms with Gasteiger partial charge < -0.3 is 15.1 Å². The number of anilines is 1. The van der Waals surface area contributed by atoms with Gasteiger partial charge in [0.05, 0.1) is 16.2 Å². The Hall–Kier alpha value is -1.46. The Kier molecular flexibility index (Phi) is 4.10. The van der Waals surface area contributed by atoms with Gasteiger partial charge in [0.2, 0.25) is 0 Å². The summed E-state index contributed by atoms with van der Waals surface area (Å²) < 4.78 is 86.9. The zero-order valence-corrected chi connectivity index (χ0v) is 17.3. The van der Waals surface area contributed by atoms with Crippen LogP contribution in [-0.4, -0.2) is 68.5 Å². The van der Waals surface area contributed by atoms with E-state index in [0.29, 0.717) is 41.0 Å². The lowest BCUT2D eigenvalue weighted by molar-refractivity contribution is 0.194. The molecular formula is C22H35ClN4O. The van der Waals surface area contributed by atoms with E-state index < -0.39 is 44.8 Å². The van der Waals surface area contributed by atoms with E-state index in [1.165, 1.54) is 17.0 Å². The highest BCUT2D eigenvalue weighted by Crippen LogP contribution is 2.30. The van der Waals surface area contributed by atoms with E-state index in [9.17, 15) is 4.79 Å². The molecule has 1 aromatic rings. The predicted octanol–water partition coefficient (Wildman–Crippen LogP) is 3.99. The summed E-state index contributed by atoms with van der Waals surface area (Å²) in [5.41, 5.74) is 0.281. The zero-order valence-electron chi connectivity index (χ0n) is 26.6. The Morgan fingerprint density at radius 3 is 2.57 bits per heavy atom. The second-order valence-corrected chi connectivity index (χ2v) is 7.75. The first-order chi connectivity index (χ1) is 17.2. The van der Waals surface area contributed by atoms with E-state index in [-0.39, 0.29) is 22.8 Å². The number of halogens is 1. The molecule has 3 rings (SSSR count). The van der Waals surface area contributed by atoms with Crippen molar-refractivity contribution in [1.82, 2.24) is 15.1 Å². The Morgan fingerprint density at radius 2 is 1.93 bits per heavy atom. The van der Waals surface area contributed by atoms with Crippen LogP contribution >= 0.6 is 11.6 Å². The van der Waals surface area contributed by atoms with Gasteiger partial charge in [-0.05, 0) is 63.1 Å². The number of hydrogen-bond donors (Lipinski definition) is 1. The highest BCUT2D eigenvalue weighted by Gasteiger charge is 2.24. The van der Waals surface area contributed by atoms with Crippen molar-refractivity contribution in [2.75, 3.05) is 51.5 Å². The van der Waals surface area contributed by atoms with Gasteiger partial charge in [0, 0.05) is 54.3 Å². The highest BCUT2D eigenvalue weighted by molar-refractivity contribution is 6.34. The standard InChI is InChI=1S/C22H35ClN4O/c1-17-5-4-6-20(21(17)23)27-15-13-26(14-16-27)12-11-18-7-9-19(10-8-18)24-22(28)25(2)3/h4-6,18-19H,7-16H2,1-3H3,(H,24,28)/i11D2,13D2,14D2,15D2,16D2. The molecule has 0 bridgehead atoms. The summed E-state index contributed by atoms with van der Waals surface area (Å²) in [7, 11) is 3.23. The Labute approximate surface area is 189 Å². The minimum atomic E-state index is -3.15. The summed E-state index contributed by atoms with van der Waals surface area (Å²) in [4.78, 5) is 14.1. The van der Waals surface area contributed by atoms with Crippen LogP contribution in [-0.2, 0) is 0 Å². The maximum atomic E-state index is 12.0. The molecule has 1 saturated carbocycles. The summed E-state index contributed by atoms with van der Waals surface area (Å²) in [6.07, 6.45) is -0.533. The van der Waals surface area contributed by atoms with E-state index in [2.05, 4.69) is 5.32 Å². The largest absolute Gasteiger partial charge is 0.368 e. The van der Waals surface area contributed by atoms with E-state index in [4.69, 9.17) is 25.3 Å². The van der Waals surface area contributed by atoms with Gasteiger partial charge in [0.1, 0.15) is 0 Å². The van der Waals surface area contributed by atoms with E-state index in [1.54, 1.807) is 27.1 Å². The third-order valence-corrected chi connectivity index (χ3v) is 5.50. The maximum absolute atomic E-state index is 12.0. The molecule has 1 N–H and O–H groups in total. The van der Waals surface area contributed by atoms with Crippen LogP contribution in [0.25, 0.3) is 0 Å². The molecule has 1 aliphatic carbocycles. The Morgan fingerprint density at radius 1 is 1.25 bits per heavy atom. The predicted molar refractivity (Wildman–Crippen MR) is 117 cm³/mol. The van der Waals surface area contributed by atoms with Crippen molar-refractivity contribution < 1.29 is 18.5 Å². The van der Waals surface area contributed by atoms with E-state index in [1.807, 2.05) is 0 Å². The van der Waals surface area contributed by atoms with Crippen LogP contribution in [0.5, 0.6) is 0 Å². The third kappa shape index (κ3) is 5.54. The summed E-state index contributed by atoms with van der Waals surface area (Å²) in [6, 6.07) is 4.01. The Balaban J connectivity index is 1.91. The van der Waals surface area contributed by atoms with Gasteiger partial charge in [0.15, 0.2) is 0 Å². The molecule has 0 aromatic heterocycles. The second-order valence-electron chi connectivity index (χ2n) is 7.37. The van der Waals surface area contributed by atoms with Gasteiger partial charge in [-0.25, -0.2) is 4.79 Å². The van der Waals surface area contributed by atoms with Crippen LogP contribution in [0, 0.1) is 12.8 Å². The molecule has 0 unspecified atom stereocenters. The molecule has 0 atom stereocenters. The monoisotopic (exact) mass is 416 g/mol. The molecule has 1 aliphatic heterocycles. The van der Waals surface area contributed by atoms with Crippen LogP contribution < -0.4 is 10.2 Å². The lowest BCUT2D eigenvalue weighted by atomic mass is 9.84. The SMILES string of the molecule is [2H]C([2H])(CN1C([2H])([2H])C([2H])([2H])N(c2cccc(C)c2Cl)C([2H])([2H])C1([2H])[2H])C1CCC(NC(=O)N(C)C)CC1. The first-order valence-corrected chi connectivity index (χ1v) is 9.88. The molecular weight excluding hydrogens is 372 g/mol. The van der Waals surface area contributed by atoms with Crippen molar-refractivity contribution in [2.24, 2.45) is 5.92 Å². The van der Waals surface area contributed by atoms with Crippen molar-refractivity contribution in [3.8, 4) is 0 Å². The lowest BCUT2D eigenvalue weighted by Gasteiger charge is -2.37. The average Bonchev–Trinajstić information content (AvgIpc) is 2.79. The number of amides is 2. The minimum absolute atomic E-state index is 0.0336. The number of nitrogens with one attached hydrogen (secondary N) is 1. The van der Waals surface area contributed by atoms with Crippen molar-refractivity contribution in [1.29, 1.82) is 0 Å². The fourth-order valence-corrected chi connectivity index (χ4v) is 3.46. The number of benzene rings is 1. The fourth-order valence-electron chi connectivity index (χ4n) is 3.25. The fraction of sp³-hybridized carbons (Fsp3) is 0.682. The molecule has 2 fully saturated rings. The third-order valence-electron chi connectivity index (χ3n) is 5.00. The molecule has 6 heteroatoms. The van der Waals surface area contributed by atoms with Crippen molar-refractivity contribution in [2.45, 2.75) is 45.0 Å². The van der Waals surface area contributed by atoms with Gasteiger partial charge in [-0.15, -0.1) is 0 Å². The van der Waals surface area contributed by atoms with Gasteiger partial charge in [-0.1, -0.05) is 23.7 Å². The smallest absolute Gasteiger partial charge is 0.317 e. The summed E-state index contributed by atoms with van der Waals surface area (Å²) >= 11 is 6.35. The van der Waals surface area contributed by atoms with Crippen LogP contribution in [0.4, 0.5) is 10.5 Å². The molecule has 28 heavy (non-hydrogen) atoms. The van der Waals surface area contributed by atoms with Gasteiger partial charge in [-0.3, -0.25) is 4.90 Å². The zero-order chi connectivity index (χ0) is 29.1. The molecule has 2 aliphatic rings. The van der Waals surface area contributed by atoms with Gasteiger partial charge in [-0.2, -0.15) is 0 Å². The molecule has 1 saturated heterocycles. The number of rotatable bonds is 5. The number of urea groups is 1. The normalized spacial score (nSPS) is 36.5.